The van der Waals surface area contributed by atoms with Crippen LogP contribution < -0.4 is 5.32 Å². The van der Waals surface area contributed by atoms with Crippen LogP contribution in [0.25, 0.3) is 0 Å². The van der Waals surface area contributed by atoms with Crippen molar-refractivity contribution in [1.82, 2.24) is 20.0 Å². The molecule has 1 saturated carbocycles. The third kappa shape index (κ3) is 3.73. The Kier molecular flexibility index (Phi) is 5.05. The lowest BCUT2D eigenvalue weighted by Gasteiger charge is -2.32. The van der Waals surface area contributed by atoms with Gasteiger partial charge in [0.2, 0.25) is 0 Å². The lowest BCUT2D eigenvalue weighted by atomic mass is 10.0. The second-order valence-electron chi connectivity index (χ2n) is 5.82. The first-order valence-corrected chi connectivity index (χ1v) is 7.23. The standard InChI is InChI=1S/C14H22N4O.ClH/c1-17-10-12(9-16-17)14(19)18-6-4-13(5-7-18)15-8-11-2-3-11;/h9-11,13,15H,2-8H2,1H3;1H. The van der Waals surface area contributed by atoms with Crippen molar-refractivity contribution in [2.24, 2.45) is 13.0 Å². The van der Waals surface area contributed by atoms with Crippen molar-refractivity contribution < 1.29 is 4.79 Å². The van der Waals surface area contributed by atoms with E-state index in [1.165, 1.54) is 19.4 Å². The van der Waals surface area contributed by atoms with Crippen molar-refractivity contribution in [1.29, 1.82) is 0 Å². The van der Waals surface area contributed by atoms with Crippen molar-refractivity contribution in [3.63, 3.8) is 0 Å². The number of hydrogen-bond donors (Lipinski definition) is 1. The number of hydrogen-bond acceptors (Lipinski definition) is 3. The maximum absolute atomic E-state index is 12.2. The molecule has 1 aromatic rings. The van der Waals surface area contributed by atoms with Crippen molar-refractivity contribution in [3.8, 4) is 0 Å². The van der Waals surface area contributed by atoms with Crippen LogP contribution in [-0.4, -0.2) is 46.3 Å². The van der Waals surface area contributed by atoms with Gasteiger partial charge in [-0.25, -0.2) is 0 Å². The molecule has 0 aromatic carbocycles. The zero-order chi connectivity index (χ0) is 13.2. The van der Waals surface area contributed by atoms with E-state index in [-0.39, 0.29) is 18.3 Å². The minimum Gasteiger partial charge on any atom is -0.338 e. The van der Waals surface area contributed by atoms with E-state index in [0.29, 0.717) is 11.6 Å². The molecule has 0 spiro atoms. The van der Waals surface area contributed by atoms with Gasteiger partial charge >= 0.3 is 0 Å². The SMILES string of the molecule is Cl.Cn1cc(C(=O)N2CCC(NCC3CC3)CC2)cn1. The summed E-state index contributed by atoms with van der Waals surface area (Å²) in [6, 6.07) is 0.596. The number of piperidine rings is 1. The van der Waals surface area contributed by atoms with E-state index in [1.807, 2.05) is 11.9 Å². The zero-order valence-corrected chi connectivity index (χ0v) is 12.7. The van der Waals surface area contributed by atoms with E-state index in [1.54, 1.807) is 17.1 Å². The first-order chi connectivity index (χ1) is 9.22. The topological polar surface area (TPSA) is 50.2 Å². The fraction of sp³-hybridized carbons (Fsp3) is 0.714. The van der Waals surface area contributed by atoms with Crippen molar-refractivity contribution in [2.45, 2.75) is 31.7 Å². The number of halogens is 1. The summed E-state index contributed by atoms with van der Waals surface area (Å²) >= 11 is 0. The largest absolute Gasteiger partial charge is 0.338 e. The van der Waals surface area contributed by atoms with Gasteiger partial charge in [-0.2, -0.15) is 5.10 Å². The minimum absolute atomic E-state index is 0. The molecule has 0 bridgehead atoms. The highest BCUT2D eigenvalue weighted by Crippen LogP contribution is 2.28. The molecule has 1 aromatic heterocycles. The number of carbonyl (C=O) groups excluding carboxylic acids is 1. The average molecular weight is 299 g/mol. The van der Waals surface area contributed by atoms with Gasteiger partial charge in [0, 0.05) is 32.4 Å². The number of likely N-dealkylation sites (tertiary alicyclic amines) is 1. The first kappa shape index (κ1) is 15.3. The van der Waals surface area contributed by atoms with Crippen LogP contribution in [0, 0.1) is 5.92 Å². The van der Waals surface area contributed by atoms with Gasteiger partial charge in [0.25, 0.3) is 5.91 Å². The number of amides is 1. The quantitative estimate of drug-likeness (QED) is 0.915. The lowest BCUT2D eigenvalue weighted by molar-refractivity contribution is 0.0705. The lowest BCUT2D eigenvalue weighted by Crippen LogP contribution is -2.45. The summed E-state index contributed by atoms with van der Waals surface area (Å²) in [5, 5.41) is 7.69. The molecular formula is C14H23ClN4O. The van der Waals surface area contributed by atoms with Gasteiger partial charge in [-0.3, -0.25) is 9.48 Å². The molecule has 1 saturated heterocycles. The van der Waals surface area contributed by atoms with Crippen molar-refractivity contribution in [2.75, 3.05) is 19.6 Å². The van der Waals surface area contributed by atoms with Crippen LogP contribution in [0.1, 0.15) is 36.0 Å². The van der Waals surface area contributed by atoms with Crippen LogP contribution >= 0.6 is 12.4 Å². The summed E-state index contributed by atoms with van der Waals surface area (Å²) in [5.74, 6) is 1.05. The second kappa shape index (κ2) is 6.59. The second-order valence-corrected chi connectivity index (χ2v) is 5.82. The summed E-state index contributed by atoms with van der Waals surface area (Å²) < 4.78 is 1.68. The van der Waals surface area contributed by atoms with Gasteiger partial charge in [0.05, 0.1) is 11.8 Å². The van der Waals surface area contributed by atoms with Gasteiger partial charge in [0.1, 0.15) is 0 Å². The predicted molar refractivity (Wildman–Crippen MR) is 80.1 cm³/mol. The van der Waals surface area contributed by atoms with Crippen LogP contribution in [0.4, 0.5) is 0 Å². The number of nitrogens with zero attached hydrogens (tertiary/aromatic N) is 3. The molecule has 6 heteroatoms. The highest BCUT2D eigenvalue weighted by atomic mass is 35.5. The number of rotatable bonds is 4. The normalized spacial score (nSPS) is 19.8. The van der Waals surface area contributed by atoms with Crippen LogP contribution in [0.3, 0.4) is 0 Å². The number of carbonyl (C=O) groups is 1. The highest BCUT2D eigenvalue weighted by Gasteiger charge is 2.26. The Bertz CT molecular complexity index is 450. The Morgan fingerprint density at radius 2 is 2.05 bits per heavy atom. The molecule has 112 valence electrons. The minimum atomic E-state index is 0. The summed E-state index contributed by atoms with van der Waals surface area (Å²) in [7, 11) is 1.84. The molecule has 2 fully saturated rings. The maximum Gasteiger partial charge on any atom is 0.257 e. The monoisotopic (exact) mass is 298 g/mol. The smallest absolute Gasteiger partial charge is 0.257 e. The van der Waals surface area contributed by atoms with Gasteiger partial charge in [-0.15, -0.1) is 12.4 Å². The molecule has 0 atom stereocenters. The molecule has 1 N–H and O–H groups in total. The van der Waals surface area contributed by atoms with Crippen LogP contribution in [0.2, 0.25) is 0 Å². The van der Waals surface area contributed by atoms with E-state index < -0.39 is 0 Å². The third-order valence-electron chi connectivity index (χ3n) is 4.13. The van der Waals surface area contributed by atoms with Crippen LogP contribution in [0.15, 0.2) is 12.4 Å². The Balaban J connectivity index is 0.00000147. The summed E-state index contributed by atoms with van der Waals surface area (Å²) in [6.07, 6.45) is 8.37. The predicted octanol–water partition coefficient (Wildman–Crippen LogP) is 1.45. The van der Waals surface area contributed by atoms with E-state index in [2.05, 4.69) is 10.4 Å². The van der Waals surface area contributed by atoms with Gasteiger partial charge < -0.3 is 10.2 Å². The zero-order valence-electron chi connectivity index (χ0n) is 11.9. The first-order valence-electron chi connectivity index (χ1n) is 7.23. The van der Waals surface area contributed by atoms with Crippen molar-refractivity contribution in [3.05, 3.63) is 18.0 Å². The Morgan fingerprint density at radius 1 is 1.35 bits per heavy atom. The van der Waals surface area contributed by atoms with Crippen LogP contribution in [-0.2, 0) is 7.05 Å². The number of nitrogens with one attached hydrogen (secondary N) is 1. The van der Waals surface area contributed by atoms with Gasteiger partial charge in [-0.05, 0) is 38.1 Å². The summed E-state index contributed by atoms with van der Waals surface area (Å²) in [5.41, 5.74) is 0.701. The maximum atomic E-state index is 12.2. The molecule has 2 aliphatic rings. The molecule has 1 aliphatic heterocycles. The Morgan fingerprint density at radius 3 is 2.60 bits per heavy atom. The fourth-order valence-electron chi connectivity index (χ4n) is 2.66. The van der Waals surface area contributed by atoms with Gasteiger partial charge in [-0.1, -0.05) is 0 Å². The van der Waals surface area contributed by atoms with E-state index >= 15 is 0 Å². The molecular weight excluding hydrogens is 276 g/mol. The summed E-state index contributed by atoms with van der Waals surface area (Å²) in [6.45, 7) is 2.88. The molecule has 0 radical (unpaired) electrons. The Hall–Kier alpha value is -1.07. The molecule has 2 heterocycles. The fourth-order valence-corrected chi connectivity index (χ4v) is 2.66. The number of aromatic nitrogens is 2. The third-order valence-corrected chi connectivity index (χ3v) is 4.13. The molecule has 5 nitrogen and oxygen atoms in total. The van der Waals surface area contributed by atoms with E-state index in [4.69, 9.17) is 0 Å². The molecule has 3 rings (SSSR count). The van der Waals surface area contributed by atoms with Crippen molar-refractivity contribution >= 4 is 18.3 Å². The van der Waals surface area contributed by atoms with Gasteiger partial charge in [0.15, 0.2) is 0 Å². The molecule has 1 aliphatic carbocycles. The summed E-state index contributed by atoms with van der Waals surface area (Å²) in [4.78, 5) is 14.2. The van der Waals surface area contributed by atoms with E-state index in [9.17, 15) is 4.79 Å². The number of aryl methyl sites for hydroxylation is 1. The molecule has 1 amide bonds. The van der Waals surface area contributed by atoms with E-state index in [0.717, 1.165) is 31.8 Å². The molecule has 20 heavy (non-hydrogen) atoms. The van der Waals surface area contributed by atoms with Crippen LogP contribution in [0.5, 0.6) is 0 Å². The average Bonchev–Trinajstić information content (AvgIpc) is 3.17. The molecule has 0 unspecified atom stereocenters. The highest BCUT2D eigenvalue weighted by molar-refractivity contribution is 5.93. The Labute approximate surface area is 126 Å².